The number of benzene rings is 1. The Morgan fingerprint density at radius 2 is 1.70 bits per heavy atom. The van der Waals surface area contributed by atoms with Crippen molar-refractivity contribution in [2.75, 3.05) is 0 Å². The van der Waals surface area contributed by atoms with Gasteiger partial charge in [-0.1, -0.05) is 24.3 Å². The van der Waals surface area contributed by atoms with E-state index in [1.165, 1.54) is 11.3 Å². The molecule has 1 amide bonds. The van der Waals surface area contributed by atoms with Crippen LogP contribution < -0.4 is 5.32 Å². The zero-order valence-electron chi connectivity index (χ0n) is 11.8. The number of carbonyl (C=O) groups is 2. The quantitative estimate of drug-likeness (QED) is 0.870. The second-order valence-electron chi connectivity index (χ2n) is 4.93. The van der Waals surface area contributed by atoms with E-state index in [4.69, 9.17) is 0 Å². The van der Waals surface area contributed by atoms with E-state index in [0.29, 0.717) is 10.4 Å². The van der Waals surface area contributed by atoms with Crippen molar-refractivity contribution >= 4 is 23.0 Å². The molecule has 2 aromatic rings. The van der Waals surface area contributed by atoms with Gasteiger partial charge in [-0.15, -0.1) is 11.3 Å². The van der Waals surface area contributed by atoms with Gasteiger partial charge in [-0.05, 0) is 38.5 Å². The maximum Gasteiger partial charge on any atom is 0.261 e. The Morgan fingerprint density at radius 3 is 2.25 bits per heavy atom. The SMILES string of the molecule is CC(=O)c1ccc(-c2ccc(C(=O)NC(C)C)s2)cc1. The summed E-state index contributed by atoms with van der Waals surface area (Å²) in [7, 11) is 0. The highest BCUT2D eigenvalue weighted by atomic mass is 32.1. The second kappa shape index (κ2) is 6.01. The number of carbonyl (C=O) groups excluding carboxylic acids is 2. The number of ketones is 1. The van der Waals surface area contributed by atoms with Crippen LogP contribution in [-0.4, -0.2) is 17.7 Å². The average Bonchev–Trinajstić information content (AvgIpc) is 2.87. The topological polar surface area (TPSA) is 46.2 Å². The molecule has 0 atom stereocenters. The van der Waals surface area contributed by atoms with Crippen LogP contribution in [0.1, 0.15) is 40.8 Å². The van der Waals surface area contributed by atoms with E-state index >= 15 is 0 Å². The Kier molecular flexibility index (Phi) is 4.35. The van der Waals surface area contributed by atoms with Gasteiger partial charge in [0, 0.05) is 16.5 Å². The number of hydrogen-bond acceptors (Lipinski definition) is 3. The number of nitrogens with one attached hydrogen (secondary N) is 1. The van der Waals surface area contributed by atoms with Gasteiger partial charge in [0.2, 0.25) is 0 Å². The third kappa shape index (κ3) is 3.33. The first-order valence-corrected chi connectivity index (χ1v) is 7.31. The number of thiophene rings is 1. The first-order chi connectivity index (χ1) is 9.47. The lowest BCUT2D eigenvalue weighted by molar-refractivity contribution is 0.0946. The molecule has 0 bridgehead atoms. The number of hydrogen-bond donors (Lipinski definition) is 1. The molecule has 2 rings (SSSR count). The minimum absolute atomic E-state index is 0.0448. The molecule has 0 unspecified atom stereocenters. The third-order valence-electron chi connectivity index (χ3n) is 2.83. The van der Waals surface area contributed by atoms with E-state index < -0.39 is 0 Å². The van der Waals surface area contributed by atoms with Crippen molar-refractivity contribution in [2.45, 2.75) is 26.8 Å². The number of rotatable bonds is 4. The summed E-state index contributed by atoms with van der Waals surface area (Å²) in [5.41, 5.74) is 1.71. The Hall–Kier alpha value is -1.94. The molecule has 0 aliphatic rings. The molecule has 104 valence electrons. The van der Waals surface area contributed by atoms with E-state index in [1.54, 1.807) is 6.92 Å². The van der Waals surface area contributed by atoms with Crippen LogP contribution in [0.5, 0.6) is 0 Å². The lowest BCUT2D eigenvalue weighted by Gasteiger charge is -2.05. The molecule has 20 heavy (non-hydrogen) atoms. The Morgan fingerprint density at radius 1 is 1.05 bits per heavy atom. The van der Waals surface area contributed by atoms with Crippen LogP contribution in [-0.2, 0) is 0 Å². The van der Waals surface area contributed by atoms with E-state index in [2.05, 4.69) is 5.32 Å². The molecule has 0 aliphatic heterocycles. The van der Waals surface area contributed by atoms with Gasteiger partial charge >= 0.3 is 0 Å². The number of Topliss-reactive ketones (excluding diaryl/α,β-unsaturated/α-hetero) is 1. The Bertz CT molecular complexity index is 626. The lowest BCUT2D eigenvalue weighted by atomic mass is 10.1. The summed E-state index contributed by atoms with van der Waals surface area (Å²) in [6, 6.07) is 11.3. The van der Waals surface area contributed by atoms with Crippen LogP contribution in [0, 0.1) is 0 Å². The third-order valence-corrected chi connectivity index (χ3v) is 3.96. The zero-order chi connectivity index (χ0) is 14.7. The Balaban J connectivity index is 2.20. The molecule has 4 heteroatoms. The summed E-state index contributed by atoms with van der Waals surface area (Å²) in [5, 5.41) is 2.87. The lowest BCUT2D eigenvalue weighted by Crippen LogP contribution is -2.29. The molecule has 0 saturated carbocycles. The zero-order valence-corrected chi connectivity index (χ0v) is 12.6. The summed E-state index contributed by atoms with van der Waals surface area (Å²) in [6.07, 6.45) is 0. The summed E-state index contributed by atoms with van der Waals surface area (Å²) < 4.78 is 0. The van der Waals surface area contributed by atoms with E-state index in [0.717, 1.165) is 10.4 Å². The van der Waals surface area contributed by atoms with Gasteiger partial charge in [0.15, 0.2) is 5.78 Å². The van der Waals surface area contributed by atoms with Crippen LogP contribution in [0.4, 0.5) is 0 Å². The van der Waals surface area contributed by atoms with Gasteiger partial charge in [-0.2, -0.15) is 0 Å². The van der Waals surface area contributed by atoms with Crippen molar-refractivity contribution in [2.24, 2.45) is 0 Å². The molecule has 1 aromatic heterocycles. The molecule has 1 N–H and O–H groups in total. The predicted octanol–water partition coefficient (Wildman–Crippen LogP) is 3.76. The van der Waals surface area contributed by atoms with Gasteiger partial charge in [0.25, 0.3) is 5.91 Å². The maximum absolute atomic E-state index is 11.9. The highest BCUT2D eigenvalue weighted by molar-refractivity contribution is 7.17. The van der Waals surface area contributed by atoms with Crippen molar-refractivity contribution in [3.05, 3.63) is 46.8 Å². The minimum Gasteiger partial charge on any atom is -0.349 e. The molecule has 0 aliphatic carbocycles. The molecule has 0 spiro atoms. The molecule has 0 saturated heterocycles. The summed E-state index contributed by atoms with van der Waals surface area (Å²) >= 11 is 1.45. The highest BCUT2D eigenvalue weighted by Gasteiger charge is 2.11. The minimum atomic E-state index is -0.0448. The maximum atomic E-state index is 11.9. The van der Waals surface area contributed by atoms with Gasteiger partial charge < -0.3 is 5.32 Å². The predicted molar refractivity (Wildman–Crippen MR) is 82.4 cm³/mol. The summed E-state index contributed by atoms with van der Waals surface area (Å²) in [6.45, 7) is 5.42. The number of amides is 1. The fraction of sp³-hybridized carbons (Fsp3) is 0.250. The van der Waals surface area contributed by atoms with Crippen LogP contribution in [0.3, 0.4) is 0 Å². The highest BCUT2D eigenvalue weighted by Crippen LogP contribution is 2.28. The summed E-state index contributed by atoms with van der Waals surface area (Å²) in [5.74, 6) is 0.0105. The molecule has 1 aromatic carbocycles. The second-order valence-corrected chi connectivity index (χ2v) is 6.01. The molecule has 1 heterocycles. The monoisotopic (exact) mass is 287 g/mol. The van der Waals surface area contributed by atoms with Gasteiger partial charge in [0.1, 0.15) is 0 Å². The van der Waals surface area contributed by atoms with Crippen molar-refractivity contribution < 1.29 is 9.59 Å². The van der Waals surface area contributed by atoms with Gasteiger partial charge in [-0.3, -0.25) is 9.59 Å². The van der Waals surface area contributed by atoms with E-state index in [1.807, 2.05) is 50.2 Å². The van der Waals surface area contributed by atoms with Crippen LogP contribution >= 0.6 is 11.3 Å². The van der Waals surface area contributed by atoms with Crippen molar-refractivity contribution in [1.82, 2.24) is 5.32 Å². The van der Waals surface area contributed by atoms with Crippen molar-refractivity contribution in [3.8, 4) is 10.4 Å². The first-order valence-electron chi connectivity index (χ1n) is 6.49. The van der Waals surface area contributed by atoms with Gasteiger partial charge in [0.05, 0.1) is 4.88 Å². The van der Waals surface area contributed by atoms with Crippen molar-refractivity contribution in [3.63, 3.8) is 0 Å². The molecular weight excluding hydrogens is 270 g/mol. The van der Waals surface area contributed by atoms with E-state index in [9.17, 15) is 9.59 Å². The normalized spacial score (nSPS) is 10.6. The smallest absolute Gasteiger partial charge is 0.261 e. The molecule has 0 fully saturated rings. The van der Waals surface area contributed by atoms with Crippen LogP contribution in [0.2, 0.25) is 0 Å². The molecular formula is C16H17NO2S. The average molecular weight is 287 g/mol. The van der Waals surface area contributed by atoms with Crippen molar-refractivity contribution in [1.29, 1.82) is 0 Å². The van der Waals surface area contributed by atoms with Crippen LogP contribution in [0.15, 0.2) is 36.4 Å². The van der Waals surface area contributed by atoms with Gasteiger partial charge in [-0.25, -0.2) is 0 Å². The van der Waals surface area contributed by atoms with Crippen LogP contribution in [0.25, 0.3) is 10.4 Å². The standard InChI is InChI=1S/C16H17NO2S/c1-10(2)17-16(19)15-9-8-14(20-15)13-6-4-12(5-7-13)11(3)18/h4-10H,1-3H3,(H,17,19). The first kappa shape index (κ1) is 14.5. The summed E-state index contributed by atoms with van der Waals surface area (Å²) in [4.78, 5) is 24.9. The fourth-order valence-electron chi connectivity index (χ4n) is 1.82. The molecule has 0 radical (unpaired) electrons. The molecule has 3 nitrogen and oxygen atoms in total. The largest absolute Gasteiger partial charge is 0.349 e. The van der Waals surface area contributed by atoms with E-state index in [-0.39, 0.29) is 17.7 Å². The Labute approximate surface area is 122 Å². The fourth-order valence-corrected chi connectivity index (χ4v) is 2.73.